The average molecular weight is 238 g/mol. The van der Waals surface area contributed by atoms with Crippen LogP contribution in [0.15, 0.2) is 18.2 Å². The van der Waals surface area contributed by atoms with Gasteiger partial charge in [-0.15, -0.1) is 0 Å². The van der Waals surface area contributed by atoms with E-state index in [1.165, 1.54) is 5.56 Å². The van der Waals surface area contributed by atoms with Crippen LogP contribution in [0.3, 0.4) is 0 Å². The van der Waals surface area contributed by atoms with E-state index < -0.39 is 10.8 Å². The molecule has 0 amide bonds. The Bertz CT molecular complexity index is 376. The van der Waals surface area contributed by atoms with Crippen molar-refractivity contribution in [2.75, 3.05) is 22.6 Å². The van der Waals surface area contributed by atoms with Gasteiger partial charge in [0.05, 0.1) is 11.4 Å². The van der Waals surface area contributed by atoms with Gasteiger partial charge >= 0.3 is 0 Å². The zero-order valence-electron chi connectivity index (χ0n) is 9.53. The van der Waals surface area contributed by atoms with Crippen LogP contribution in [0, 0.1) is 6.92 Å². The third-order valence-corrected chi connectivity index (χ3v) is 4.42. The fraction of sp³-hybridized carbons (Fsp3) is 0.500. The molecule has 0 saturated carbocycles. The Hall–Kier alpha value is -1.03. The summed E-state index contributed by atoms with van der Waals surface area (Å²) in [4.78, 5) is 0. The van der Waals surface area contributed by atoms with Crippen LogP contribution in [0.25, 0.3) is 0 Å². The number of hydrogen-bond acceptors (Lipinski definition) is 3. The second kappa shape index (κ2) is 4.87. The van der Waals surface area contributed by atoms with Crippen LogP contribution in [0.2, 0.25) is 0 Å². The van der Waals surface area contributed by atoms with Crippen molar-refractivity contribution in [2.24, 2.45) is 0 Å². The molecule has 1 aromatic carbocycles. The molecule has 3 N–H and O–H groups in total. The van der Waals surface area contributed by atoms with Gasteiger partial charge in [0.25, 0.3) is 0 Å². The van der Waals surface area contributed by atoms with Crippen molar-refractivity contribution in [1.82, 2.24) is 0 Å². The molecule has 1 aliphatic rings. The number of para-hydroxylation sites is 1. The predicted molar refractivity (Wildman–Crippen MR) is 70.1 cm³/mol. The lowest BCUT2D eigenvalue weighted by atomic mass is 10.1. The maximum absolute atomic E-state index is 11.3. The van der Waals surface area contributed by atoms with Gasteiger partial charge in [0.1, 0.15) is 0 Å². The second-order valence-corrected chi connectivity index (χ2v) is 6.00. The Labute approximate surface area is 98.9 Å². The maximum atomic E-state index is 11.3. The molecule has 0 unspecified atom stereocenters. The molecule has 3 nitrogen and oxygen atoms in total. The minimum absolute atomic E-state index is 0.418. The van der Waals surface area contributed by atoms with Crippen molar-refractivity contribution in [3.05, 3.63) is 23.8 Å². The first kappa shape index (κ1) is 11.5. The van der Waals surface area contributed by atoms with Gasteiger partial charge in [-0.2, -0.15) is 0 Å². The van der Waals surface area contributed by atoms with Crippen molar-refractivity contribution in [1.29, 1.82) is 0 Å². The molecule has 1 saturated heterocycles. The molecule has 1 aliphatic heterocycles. The SMILES string of the molecule is Cc1cccc(N)c1NC1CCS(=O)CC1. The lowest BCUT2D eigenvalue weighted by Crippen LogP contribution is -2.29. The summed E-state index contributed by atoms with van der Waals surface area (Å²) in [6.07, 6.45) is 1.95. The fourth-order valence-corrected chi connectivity index (χ4v) is 3.33. The van der Waals surface area contributed by atoms with E-state index in [-0.39, 0.29) is 0 Å². The lowest BCUT2D eigenvalue weighted by Gasteiger charge is -2.25. The molecule has 16 heavy (non-hydrogen) atoms. The number of nitrogens with two attached hydrogens (primary N) is 1. The van der Waals surface area contributed by atoms with Crippen LogP contribution in [0.4, 0.5) is 11.4 Å². The Balaban J connectivity index is 2.06. The minimum atomic E-state index is -0.601. The summed E-state index contributed by atoms with van der Waals surface area (Å²) in [7, 11) is -0.601. The summed E-state index contributed by atoms with van der Waals surface area (Å²) in [5.41, 5.74) is 8.96. The number of anilines is 2. The standard InChI is InChI=1S/C12H18N2OS/c1-9-3-2-4-11(13)12(9)14-10-5-7-16(15)8-6-10/h2-4,10,14H,5-8,13H2,1H3. The van der Waals surface area contributed by atoms with Gasteiger partial charge in [0.2, 0.25) is 0 Å². The van der Waals surface area contributed by atoms with Gasteiger partial charge in [-0.05, 0) is 31.4 Å². The molecule has 0 radical (unpaired) electrons. The molecular weight excluding hydrogens is 220 g/mol. The number of nitrogens with one attached hydrogen (secondary N) is 1. The number of nitrogen functional groups attached to an aromatic ring is 1. The normalized spacial score (nSPS) is 25.3. The van der Waals surface area contributed by atoms with Crippen LogP contribution in [-0.2, 0) is 10.8 Å². The monoisotopic (exact) mass is 238 g/mol. The molecule has 0 atom stereocenters. The molecule has 0 bridgehead atoms. The van der Waals surface area contributed by atoms with Crippen LogP contribution in [-0.4, -0.2) is 21.8 Å². The summed E-state index contributed by atoms with van der Waals surface area (Å²) < 4.78 is 11.3. The van der Waals surface area contributed by atoms with E-state index in [0.717, 1.165) is 35.7 Å². The highest BCUT2D eigenvalue weighted by atomic mass is 32.2. The summed E-state index contributed by atoms with van der Waals surface area (Å²) in [6.45, 7) is 2.06. The van der Waals surface area contributed by atoms with Gasteiger partial charge in [0.15, 0.2) is 0 Å². The molecule has 4 heteroatoms. The zero-order valence-corrected chi connectivity index (χ0v) is 10.3. The van der Waals surface area contributed by atoms with Crippen molar-refractivity contribution >= 4 is 22.2 Å². The first-order chi connectivity index (χ1) is 7.66. The van der Waals surface area contributed by atoms with Gasteiger partial charge in [-0.25, -0.2) is 0 Å². The molecule has 0 aromatic heterocycles. The van der Waals surface area contributed by atoms with Crippen LogP contribution in [0.5, 0.6) is 0 Å². The average Bonchev–Trinajstić information content (AvgIpc) is 2.26. The van der Waals surface area contributed by atoms with Gasteiger partial charge in [0, 0.05) is 28.3 Å². The van der Waals surface area contributed by atoms with E-state index in [1.54, 1.807) is 0 Å². The smallest absolute Gasteiger partial charge is 0.0605 e. The van der Waals surface area contributed by atoms with Crippen LogP contribution >= 0.6 is 0 Å². The number of hydrogen-bond donors (Lipinski definition) is 2. The first-order valence-corrected chi connectivity index (χ1v) is 7.12. The molecule has 1 fully saturated rings. The first-order valence-electron chi connectivity index (χ1n) is 5.63. The summed E-state index contributed by atoms with van der Waals surface area (Å²) in [5, 5.41) is 3.48. The van der Waals surface area contributed by atoms with E-state index >= 15 is 0 Å². The minimum Gasteiger partial charge on any atom is -0.397 e. The molecule has 0 aliphatic carbocycles. The van der Waals surface area contributed by atoms with Crippen molar-refractivity contribution in [3.63, 3.8) is 0 Å². The van der Waals surface area contributed by atoms with E-state index in [4.69, 9.17) is 5.73 Å². The lowest BCUT2D eigenvalue weighted by molar-refractivity contribution is 0.624. The van der Waals surface area contributed by atoms with Gasteiger partial charge in [-0.1, -0.05) is 12.1 Å². The molecule has 1 aromatic rings. The molecule has 2 rings (SSSR count). The third-order valence-electron chi connectivity index (χ3n) is 3.04. The van der Waals surface area contributed by atoms with E-state index in [9.17, 15) is 4.21 Å². The molecule has 0 spiro atoms. The summed E-state index contributed by atoms with van der Waals surface area (Å²) >= 11 is 0. The predicted octanol–water partition coefficient (Wildman–Crippen LogP) is 1.90. The maximum Gasteiger partial charge on any atom is 0.0605 e. The Morgan fingerprint density at radius 2 is 2.06 bits per heavy atom. The highest BCUT2D eigenvalue weighted by Gasteiger charge is 2.18. The summed E-state index contributed by atoms with van der Waals surface area (Å²) in [5.74, 6) is 1.62. The highest BCUT2D eigenvalue weighted by Crippen LogP contribution is 2.25. The topological polar surface area (TPSA) is 55.1 Å². The van der Waals surface area contributed by atoms with Crippen molar-refractivity contribution < 1.29 is 4.21 Å². The quantitative estimate of drug-likeness (QED) is 0.774. The zero-order chi connectivity index (χ0) is 11.5. The molecule has 1 heterocycles. The van der Waals surface area contributed by atoms with E-state index in [2.05, 4.69) is 18.3 Å². The number of aryl methyl sites for hydroxylation is 1. The molecule has 88 valence electrons. The Morgan fingerprint density at radius 1 is 1.38 bits per heavy atom. The molecular formula is C12H18N2OS. The van der Waals surface area contributed by atoms with Crippen LogP contribution < -0.4 is 11.1 Å². The largest absolute Gasteiger partial charge is 0.397 e. The van der Waals surface area contributed by atoms with Crippen molar-refractivity contribution in [2.45, 2.75) is 25.8 Å². The summed E-state index contributed by atoms with van der Waals surface area (Å²) in [6, 6.07) is 6.35. The fourth-order valence-electron chi connectivity index (χ4n) is 2.03. The third kappa shape index (κ3) is 2.55. The van der Waals surface area contributed by atoms with E-state index in [1.807, 2.05) is 12.1 Å². The van der Waals surface area contributed by atoms with Gasteiger partial charge < -0.3 is 11.1 Å². The van der Waals surface area contributed by atoms with Crippen molar-refractivity contribution in [3.8, 4) is 0 Å². The highest BCUT2D eigenvalue weighted by molar-refractivity contribution is 7.85. The Kier molecular flexibility index (Phi) is 3.49. The Morgan fingerprint density at radius 3 is 2.69 bits per heavy atom. The number of rotatable bonds is 2. The number of benzene rings is 1. The van der Waals surface area contributed by atoms with Gasteiger partial charge in [-0.3, -0.25) is 4.21 Å². The van der Waals surface area contributed by atoms with Crippen LogP contribution in [0.1, 0.15) is 18.4 Å². The second-order valence-electron chi connectivity index (χ2n) is 4.31. The van der Waals surface area contributed by atoms with E-state index in [0.29, 0.717) is 6.04 Å².